The number of benzene rings is 1. The molecule has 0 N–H and O–H groups in total. The number of rotatable bonds is 2. The van der Waals surface area contributed by atoms with Crippen LogP contribution in [-0.2, 0) is 0 Å². The second-order valence-corrected chi connectivity index (χ2v) is 5.77. The van der Waals surface area contributed by atoms with Crippen LogP contribution in [0.3, 0.4) is 0 Å². The van der Waals surface area contributed by atoms with Gasteiger partial charge < -0.3 is 4.90 Å². The first-order valence-corrected chi connectivity index (χ1v) is 7.21. The zero-order chi connectivity index (χ0) is 14.2. The molecule has 1 saturated heterocycles. The van der Waals surface area contributed by atoms with Gasteiger partial charge in [-0.1, -0.05) is 46.4 Å². The number of nitro groups is 1. The van der Waals surface area contributed by atoms with Crippen molar-refractivity contribution in [2.24, 2.45) is 0 Å². The molecule has 4 nitrogen and oxygen atoms in total. The van der Waals surface area contributed by atoms with Gasteiger partial charge >= 0.3 is 5.69 Å². The SMILES string of the molecule is O=[N+]([O-])c1c(Cl)c(Cl)c(Cl)c(Cl)c1N1CCCCC1. The fraction of sp³-hybridized carbons (Fsp3) is 0.455. The van der Waals surface area contributed by atoms with Crippen molar-refractivity contribution in [3.63, 3.8) is 0 Å². The zero-order valence-corrected chi connectivity index (χ0v) is 12.8. The Morgan fingerprint density at radius 3 is 1.95 bits per heavy atom. The van der Waals surface area contributed by atoms with Crippen molar-refractivity contribution in [1.82, 2.24) is 0 Å². The van der Waals surface area contributed by atoms with Gasteiger partial charge in [0.25, 0.3) is 0 Å². The predicted octanol–water partition coefficient (Wildman–Crippen LogP) is 5.20. The molecule has 8 heteroatoms. The summed E-state index contributed by atoms with van der Waals surface area (Å²) < 4.78 is 0. The molecule has 104 valence electrons. The maximum absolute atomic E-state index is 11.2. The molecular formula is C11H10Cl4N2O2. The Bertz CT molecular complexity index is 530. The molecule has 1 aromatic carbocycles. The van der Waals surface area contributed by atoms with Crippen molar-refractivity contribution in [3.05, 3.63) is 30.2 Å². The van der Waals surface area contributed by atoms with Crippen LogP contribution in [0.5, 0.6) is 0 Å². The van der Waals surface area contributed by atoms with Crippen LogP contribution < -0.4 is 4.90 Å². The van der Waals surface area contributed by atoms with Gasteiger partial charge in [-0.3, -0.25) is 10.1 Å². The topological polar surface area (TPSA) is 46.4 Å². The van der Waals surface area contributed by atoms with E-state index in [0.717, 1.165) is 19.3 Å². The molecule has 1 aliphatic rings. The molecule has 0 saturated carbocycles. The van der Waals surface area contributed by atoms with Gasteiger partial charge in [0.1, 0.15) is 10.7 Å². The van der Waals surface area contributed by atoms with Gasteiger partial charge in [-0.15, -0.1) is 0 Å². The first kappa shape index (κ1) is 15.0. The van der Waals surface area contributed by atoms with Crippen LogP contribution in [0.4, 0.5) is 11.4 Å². The van der Waals surface area contributed by atoms with Crippen molar-refractivity contribution >= 4 is 57.8 Å². The van der Waals surface area contributed by atoms with Gasteiger partial charge in [-0.05, 0) is 19.3 Å². The quantitative estimate of drug-likeness (QED) is 0.321. The Morgan fingerprint density at radius 1 is 0.895 bits per heavy atom. The second kappa shape index (κ2) is 5.92. The predicted molar refractivity (Wildman–Crippen MR) is 79.2 cm³/mol. The normalized spacial score (nSPS) is 15.7. The maximum Gasteiger partial charge on any atom is 0.314 e. The number of hydrogen-bond acceptors (Lipinski definition) is 3. The number of hydrogen-bond donors (Lipinski definition) is 0. The molecule has 0 spiro atoms. The molecule has 19 heavy (non-hydrogen) atoms. The van der Waals surface area contributed by atoms with Crippen LogP contribution in [0.25, 0.3) is 0 Å². The van der Waals surface area contributed by atoms with Crippen molar-refractivity contribution in [2.75, 3.05) is 18.0 Å². The highest BCUT2D eigenvalue weighted by atomic mass is 35.5. The number of piperidine rings is 1. The summed E-state index contributed by atoms with van der Waals surface area (Å²) in [6, 6.07) is 0. The van der Waals surface area contributed by atoms with E-state index in [1.54, 1.807) is 0 Å². The summed E-state index contributed by atoms with van der Waals surface area (Å²) in [5.41, 5.74) is -0.00580. The van der Waals surface area contributed by atoms with Gasteiger partial charge in [0.05, 0.1) is 20.0 Å². The minimum Gasteiger partial charge on any atom is -0.365 e. The molecule has 1 aromatic rings. The molecule has 0 aromatic heterocycles. The Balaban J connectivity index is 2.66. The summed E-state index contributed by atoms with van der Waals surface area (Å²) in [5.74, 6) is 0. The number of nitro benzene ring substituents is 1. The third kappa shape index (κ3) is 2.72. The molecule has 0 atom stereocenters. The number of anilines is 1. The van der Waals surface area contributed by atoms with Gasteiger partial charge in [0.2, 0.25) is 0 Å². The lowest BCUT2D eigenvalue weighted by molar-refractivity contribution is -0.384. The third-order valence-electron chi connectivity index (χ3n) is 3.07. The van der Waals surface area contributed by atoms with Crippen molar-refractivity contribution < 1.29 is 4.92 Å². The van der Waals surface area contributed by atoms with Crippen LogP contribution in [0.1, 0.15) is 19.3 Å². The van der Waals surface area contributed by atoms with E-state index in [1.807, 2.05) is 4.90 Å². The Hall–Kier alpha value is -0.420. The molecule has 1 aliphatic heterocycles. The first-order valence-electron chi connectivity index (χ1n) is 5.70. The van der Waals surface area contributed by atoms with Crippen molar-refractivity contribution in [2.45, 2.75) is 19.3 Å². The molecule has 1 heterocycles. The Kier molecular flexibility index (Phi) is 4.66. The van der Waals surface area contributed by atoms with Crippen molar-refractivity contribution in [3.8, 4) is 0 Å². The molecule has 0 bridgehead atoms. The lowest BCUT2D eigenvalue weighted by Gasteiger charge is -2.29. The standard InChI is InChI=1S/C11H10Cl4N2O2/c12-6-7(13)9(15)11(17(18)19)10(8(6)14)16-4-2-1-3-5-16/h1-5H2. The van der Waals surface area contributed by atoms with Gasteiger partial charge in [0, 0.05) is 13.1 Å². The summed E-state index contributed by atoms with van der Waals surface area (Å²) >= 11 is 23.9. The van der Waals surface area contributed by atoms with Crippen LogP contribution >= 0.6 is 46.4 Å². The first-order chi connectivity index (χ1) is 8.95. The van der Waals surface area contributed by atoms with E-state index in [2.05, 4.69) is 0 Å². The molecule has 0 unspecified atom stereocenters. The highest BCUT2D eigenvalue weighted by molar-refractivity contribution is 6.53. The van der Waals surface area contributed by atoms with E-state index in [1.165, 1.54) is 0 Å². The molecule has 1 fully saturated rings. The van der Waals surface area contributed by atoms with Gasteiger partial charge in [-0.2, -0.15) is 0 Å². The minimum atomic E-state index is -0.569. The summed E-state index contributed by atoms with van der Waals surface area (Å²) in [6.45, 7) is 1.38. The van der Waals surface area contributed by atoms with Crippen LogP contribution in [-0.4, -0.2) is 18.0 Å². The highest BCUT2D eigenvalue weighted by Gasteiger charge is 2.32. The Labute approximate surface area is 130 Å². The smallest absolute Gasteiger partial charge is 0.314 e. The Morgan fingerprint density at radius 2 is 1.42 bits per heavy atom. The fourth-order valence-corrected chi connectivity index (χ4v) is 3.20. The fourth-order valence-electron chi connectivity index (χ4n) is 2.18. The summed E-state index contributed by atoms with van der Waals surface area (Å²) in [4.78, 5) is 12.5. The largest absolute Gasteiger partial charge is 0.365 e. The summed E-state index contributed by atoms with van der Waals surface area (Å²) in [7, 11) is 0. The monoisotopic (exact) mass is 342 g/mol. The molecule has 0 aliphatic carbocycles. The lowest BCUT2D eigenvalue weighted by atomic mass is 10.1. The lowest BCUT2D eigenvalue weighted by Crippen LogP contribution is -2.30. The molecule has 0 radical (unpaired) electrons. The third-order valence-corrected chi connectivity index (χ3v) is 4.86. The van der Waals surface area contributed by atoms with E-state index in [4.69, 9.17) is 46.4 Å². The second-order valence-electron chi connectivity index (χ2n) is 4.26. The zero-order valence-electron chi connectivity index (χ0n) is 9.76. The molecular weight excluding hydrogens is 334 g/mol. The van der Waals surface area contributed by atoms with Crippen molar-refractivity contribution in [1.29, 1.82) is 0 Å². The molecule has 2 rings (SSSR count). The average Bonchev–Trinajstić information content (AvgIpc) is 2.40. The number of nitrogens with zero attached hydrogens (tertiary/aromatic N) is 2. The van der Waals surface area contributed by atoms with E-state index in [-0.39, 0.29) is 31.5 Å². The van der Waals surface area contributed by atoms with E-state index >= 15 is 0 Å². The maximum atomic E-state index is 11.2. The summed E-state index contributed by atoms with van der Waals surface area (Å²) in [5, 5.41) is 11.1. The summed E-state index contributed by atoms with van der Waals surface area (Å²) in [6.07, 6.45) is 2.99. The molecule has 0 amide bonds. The number of halogens is 4. The van der Waals surface area contributed by atoms with E-state index in [9.17, 15) is 10.1 Å². The van der Waals surface area contributed by atoms with Crippen LogP contribution in [0.2, 0.25) is 20.1 Å². The van der Waals surface area contributed by atoms with E-state index < -0.39 is 4.92 Å². The average molecular weight is 344 g/mol. The van der Waals surface area contributed by atoms with E-state index in [0.29, 0.717) is 13.1 Å². The van der Waals surface area contributed by atoms with Gasteiger partial charge in [-0.25, -0.2) is 0 Å². The van der Waals surface area contributed by atoms with Crippen LogP contribution in [0.15, 0.2) is 0 Å². The van der Waals surface area contributed by atoms with Gasteiger partial charge in [0.15, 0.2) is 0 Å². The highest BCUT2D eigenvalue weighted by Crippen LogP contribution is 2.50. The van der Waals surface area contributed by atoms with Crippen LogP contribution in [0, 0.1) is 10.1 Å². The minimum absolute atomic E-state index is 0.0551.